The van der Waals surface area contributed by atoms with E-state index in [0.717, 1.165) is 72.2 Å². The lowest BCUT2D eigenvalue weighted by atomic mass is 9.71. The molecule has 46 heavy (non-hydrogen) atoms. The molecule has 0 unspecified atom stereocenters. The number of nitrogens with zero attached hydrogens (tertiary/aromatic N) is 2. The number of piperidine rings is 1. The number of pyridine rings is 2. The molecule has 2 atom stereocenters. The fourth-order valence-electron chi connectivity index (χ4n) is 6.46. The molecule has 0 spiro atoms. The molecular weight excluding hydrogens is 603 g/mol. The first-order valence-electron chi connectivity index (χ1n) is 16.0. The Kier molecular flexibility index (Phi) is 10.7. The third-order valence-electron chi connectivity index (χ3n) is 9.31. The van der Waals surface area contributed by atoms with Gasteiger partial charge in [-0.3, -0.25) is 14.4 Å². The van der Waals surface area contributed by atoms with Crippen molar-refractivity contribution in [1.29, 1.82) is 0 Å². The van der Waals surface area contributed by atoms with E-state index in [1.807, 2.05) is 30.3 Å². The van der Waals surface area contributed by atoms with Crippen LogP contribution in [0.25, 0.3) is 21.3 Å². The Morgan fingerprint density at radius 2 is 1.83 bits per heavy atom. The van der Waals surface area contributed by atoms with E-state index in [2.05, 4.69) is 42.0 Å². The van der Waals surface area contributed by atoms with Crippen LogP contribution in [0.4, 0.5) is 4.39 Å². The molecule has 10 heteroatoms. The van der Waals surface area contributed by atoms with Crippen molar-refractivity contribution >= 4 is 33.9 Å². The number of thiophene rings is 1. The van der Waals surface area contributed by atoms with Crippen molar-refractivity contribution in [1.82, 2.24) is 20.2 Å². The van der Waals surface area contributed by atoms with Gasteiger partial charge in [-0.1, -0.05) is 45.0 Å². The van der Waals surface area contributed by atoms with Gasteiger partial charge in [0.05, 0.1) is 10.9 Å². The van der Waals surface area contributed by atoms with Gasteiger partial charge in [0, 0.05) is 43.0 Å². The molecule has 4 aromatic rings. The van der Waals surface area contributed by atoms with Crippen molar-refractivity contribution in [2.75, 3.05) is 19.6 Å². The lowest BCUT2D eigenvalue weighted by Gasteiger charge is -2.34. The summed E-state index contributed by atoms with van der Waals surface area (Å²) in [6.07, 6.45) is 6.05. The summed E-state index contributed by atoms with van der Waals surface area (Å²) in [5, 5.41) is 11.2. The van der Waals surface area contributed by atoms with Gasteiger partial charge in [-0.15, -0.1) is 11.3 Å². The van der Waals surface area contributed by atoms with Crippen LogP contribution < -0.4 is 10.9 Å². The molecule has 0 radical (unpaired) electrons. The molecule has 1 aliphatic heterocycles. The number of alkyl halides is 1. The van der Waals surface area contributed by atoms with Crippen molar-refractivity contribution in [3.63, 3.8) is 0 Å². The maximum absolute atomic E-state index is 13.7. The molecule has 1 aliphatic carbocycles. The molecule has 0 saturated carbocycles. The second-order valence-electron chi connectivity index (χ2n) is 13.4. The van der Waals surface area contributed by atoms with Crippen LogP contribution in [0.1, 0.15) is 79.0 Å². The number of aryl methyl sites for hydroxylation is 1. The molecule has 1 amide bonds. The first-order valence-corrected chi connectivity index (χ1v) is 16.8. The van der Waals surface area contributed by atoms with E-state index in [4.69, 9.17) is 14.9 Å². The average Bonchev–Trinajstić information content (AvgIpc) is 3.46. The van der Waals surface area contributed by atoms with Gasteiger partial charge in [0.25, 0.3) is 12.4 Å². The van der Waals surface area contributed by atoms with Crippen LogP contribution >= 0.6 is 11.3 Å². The SMILES string of the molecule is CC(C)(C)[C@H]1CCc2nc3sc(C(=O)N[C@H](CCN4CCC(F)CC4)c4ccc(-c5ccc(=O)[nH]c5)cc4)cc3cc2C1.O=CO. The Morgan fingerprint density at radius 1 is 1.13 bits per heavy atom. The number of likely N-dealkylation sites (tertiary alicyclic amines) is 1. The normalized spacial score (nSPS) is 17.9. The zero-order chi connectivity index (χ0) is 32.8. The highest BCUT2D eigenvalue weighted by Gasteiger charge is 2.30. The number of amides is 1. The maximum Gasteiger partial charge on any atom is 0.290 e. The molecule has 8 nitrogen and oxygen atoms in total. The number of carbonyl (C=O) groups excluding carboxylic acids is 1. The van der Waals surface area contributed by atoms with Crippen molar-refractivity contribution < 1.29 is 19.1 Å². The van der Waals surface area contributed by atoms with Gasteiger partial charge in [0.15, 0.2) is 0 Å². The first kappa shape index (κ1) is 33.5. The van der Waals surface area contributed by atoms with Gasteiger partial charge < -0.3 is 20.3 Å². The quantitative estimate of drug-likeness (QED) is 0.190. The van der Waals surface area contributed by atoms with E-state index < -0.39 is 6.17 Å². The van der Waals surface area contributed by atoms with Gasteiger partial charge in [-0.05, 0) is 90.3 Å². The van der Waals surface area contributed by atoms with Gasteiger partial charge in [-0.2, -0.15) is 0 Å². The molecule has 3 aromatic heterocycles. The third-order valence-corrected chi connectivity index (χ3v) is 10.4. The van der Waals surface area contributed by atoms with Crippen LogP contribution in [-0.4, -0.2) is 58.2 Å². The van der Waals surface area contributed by atoms with Crippen molar-refractivity contribution in [2.45, 2.75) is 71.5 Å². The second-order valence-corrected chi connectivity index (χ2v) is 14.4. The van der Waals surface area contributed by atoms with Crippen LogP contribution in [0, 0.1) is 11.3 Å². The molecule has 244 valence electrons. The minimum Gasteiger partial charge on any atom is -0.483 e. The van der Waals surface area contributed by atoms with Crippen LogP contribution in [0.2, 0.25) is 0 Å². The van der Waals surface area contributed by atoms with Crippen molar-refractivity contribution in [2.24, 2.45) is 11.3 Å². The molecule has 0 bridgehead atoms. The summed E-state index contributed by atoms with van der Waals surface area (Å²) in [6, 6.07) is 15.5. The Labute approximate surface area is 273 Å². The van der Waals surface area contributed by atoms with Crippen LogP contribution in [-0.2, 0) is 17.6 Å². The van der Waals surface area contributed by atoms with Gasteiger partial charge in [0.1, 0.15) is 11.0 Å². The average molecular weight is 647 g/mol. The summed E-state index contributed by atoms with van der Waals surface area (Å²) in [5.41, 5.74) is 5.57. The zero-order valence-electron chi connectivity index (χ0n) is 26.7. The largest absolute Gasteiger partial charge is 0.483 e. The Balaban J connectivity index is 0.00000134. The minimum absolute atomic E-state index is 0.0919. The van der Waals surface area contributed by atoms with Crippen LogP contribution in [0.3, 0.4) is 0 Å². The second kappa shape index (κ2) is 14.7. The Hall–Kier alpha value is -3.89. The Bertz CT molecular complexity index is 1680. The number of aromatic nitrogens is 2. The number of H-pyrrole nitrogens is 1. The smallest absolute Gasteiger partial charge is 0.290 e. The van der Waals surface area contributed by atoms with Crippen LogP contribution in [0.5, 0.6) is 0 Å². The number of aromatic amines is 1. The number of hydrogen-bond donors (Lipinski definition) is 3. The third kappa shape index (κ3) is 8.27. The zero-order valence-corrected chi connectivity index (χ0v) is 27.5. The lowest BCUT2D eigenvalue weighted by molar-refractivity contribution is -0.122. The number of nitrogens with one attached hydrogen (secondary N) is 2. The molecule has 1 fully saturated rings. The van der Waals surface area contributed by atoms with Crippen LogP contribution in [0.15, 0.2) is 59.5 Å². The topological polar surface area (TPSA) is 115 Å². The van der Waals surface area contributed by atoms with E-state index in [-0.39, 0.29) is 29.4 Å². The summed E-state index contributed by atoms with van der Waals surface area (Å²) in [7, 11) is 0. The van der Waals surface area contributed by atoms with E-state index in [1.54, 1.807) is 12.3 Å². The van der Waals surface area contributed by atoms with Crippen molar-refractivity contribution in [3.8, 4) is 11.1 Å². The molecule has 4 heterocycles. The number of carboxylic acid groups (broad SMARTS) is 1. The van der Waals surface area contributed by atoms with Gasteiger partial charge >= 0.3 is 0 Å². The first-order chi connectivity index (χ1) is 22.0. The number of fused-ring (bicyclic) bond motifs is 2. The van der Waals surface area contributed by atoms with E-state index >= 15 is 0 Å². The number of carbonyl (C=O) groups is 2. The fraction of sp³-hybridized carbons (Fsp3) is 0.444. The molecule has 3 N–H and O–H groups in total. The van der Waals surface area contributed by atoms with E-state index in [0.29, 0.717) is 23.6 Å². The predicted molar refractivity (Wildman–Crippen MR) is 181 cm³/mol. The molecule has 2 aliphatic rings. The monoisotopic (exact) mass is 646 g/mol. The summed E-state index contributed by atoms with van der Waals surface area (Å²) >= 11 is 1.46. The summed E-state index contributed by atoms with van der Waals surface area (Å²) in [5.74, 6) is 0.540. The number of halogens is 1. The summed E-state index contributed by atoms with van der Waals surface area (Å²) in [6.45, 7) is 8.98. The highest BCUT2D eigenvalue weighted by Crippen LogP contribution is 2.38. The van der Waals surface area contributed by atoms with Gasteiger partial charge in [-0.25, -0.2) is 9.37 Å². The van der Waals surface area contributed by atoms with Gasteiger partial charge in [0.2, 0.25) is 5.56 Å². The standard InChI is InChI=1S/C35H41FN4O2S.CH2O2/c1-35(2,3)27-9-10-29-25(19-27)18-26-20-31(43-34(26)39-29)33(42)38-30(14-17-40-15-12-28(36)13-16-40)23-6-4-22(5-7-23)24-8-11-32(41)37-21-24;2-1-3/h4-8,11,18,20-21,27-28,30H,9-10,12-17,19H2,1-3H3,(H,37,41)(H,38,42);1H,(H,2,3)/t27-,30+;/m0./s1. The molecule has 1 saturated heterocycles. The number of hydrogen-bond acceptors (Lipinski definition) is 6. The summed E-state index contributed by atoms with van der Waals surface area (Å²) in [4.78, 5) is 45.2. The van der Waals surface area contributed by atoms with E-state index in [1.165, 1.54) is 28.7 Å². The molecular formula is C36H43FN4O4S. The Morgan fingerprint density at radius 3 is 2.48 bits per heavy atom. The molecule has 6 rings (SSSR count). The molecule has 1 aromatic carbocycles. The minimum atomic E-state index is -0.709. The number of rotatable bonds is 7. The van der Waals surface area contributed by atoms with E-state index in [9.17, 15) is 14.0 Å². The predicted octanol–water partition coefficient (Wildman–Crippen LogP) is 6.80. The maximum atomic E-state index is 13.7. The highest BCUT2D eigenvalue weighted by molar-refractivity contribution is 7.20. The van der Waals surface area contributed by atoms with Crippen molar-refractivity contribution in [3.05, 3.63) is 86.8 Å². The fourth-order valence-corrected chi connectivity index (χ4v) is 7.40. The summed E-state index contributed by atoms with van der Waals surface area (Å²) < 4.78 is 13.7. The highest BCUT2D eigenvalue weighted by atomic mass is 32.1. The lowest BCUT2D eigenvalue weighted by Crippen LogP contribution is -2.37. The number of benzene rings is 1.